The lowest BCUT2D eigenvalue weighted by Crippen LogP contribution is -1.86. The Balaban J connectivity index is 3.13. The largest absolute Gasteiger partial charge is 0.399 e. The van der Waals surface area contributed by atoms with Crippen molar-refractivity contribution in [1.29, 1.82) is 0 Å². The van der Waals surface area contributed by atoms with Crippen LogP contribution in [-0.4, -0.2) is 0 Å². The minimum absolute atomic E-state index is 0.0440. The molecule has 0 aliphatic carbocycles. The van der Waals surface area contributed by atoms with Crippen LogP contribution in [0.4, 0.5) is 14.5 Å². The maximum atomic E-state index is 12.8. The molecule has 0 radical (unpaired) electrons. The molecule has 64 valence electrons. The molecule has 0 saturated carbocycles. The van der Waals surface area contributed by atoms with Crippen molar-refractivity contribution in [2.24, 2.45) is 0 Å². The van der Waals surface area contributed by atoms with Gasteiger partial charge in [0.05, 0.1) is 0 Å². The molecule has 2 N–H and O–H groups in total. The van der Waals surface area contributed by atoms with Gasteiger partial charge in [0, 0.05) is 11.3 Å². The number of anilines is 1. The average molecular weight is 190 g/mol. The molecular formula is C8H6ClF2N. The first kappa shape index (κ1) is 9.00. The molecular weight excluding hydrogens is 184 g/mol. The van der Waals surface area contributed by atoms with Gasteiger partial charge in [-0.05, 0) is 23.7 Å². The van der Waals surface area contributed by atoms with Gasteiger partial charge < -0.3 is 5.73 Å². The van der Waals surface area contributed by atoms with Gasteiger partial charge in [0.1, 0.15) is 0 Å². The predicted octanol–water partition coefficient (Wildman–Crippen LogP) is 3.07. The summed E-state index contributed by atoms with van der Waals surface area (Å²) in [6.45, 7) is 0. The Labute approximate surface area is 73.4 Å². The highest BCUT2D eigenvalue weighted by atomic mass is 35.5. The molecule has 0 aromatic heterocycles. The van der Waals surface area contributed by atoms with Crippen molar-refractivity contribution < 1.29 is 8.78 Å². The molecule has 0 aliphatic heterocycles. The molecule has 0 saturated heterocycles. The zero-order valence-corrected chi connectivity index (χ0v) is 6.78. The molecule has 4 heteroatoms. The van der Waals surface area contributed by atoms with Gasteiger partial charge in [-0.2, -0.15) is 4.39 Å². The number of halogens is 3. The Morgan fingerprint density at radius 2 is 2.00 bits per heavy atom. The number of benzene rings is 1. The predicted molar refractivity (Wildman–Crippen MR) is 45.8 cm³/mol. The van der Waals surface area contributed by atoms with Crippen molar-refractivity contribution in [1.82, 2.24) is 0 Å². The topological polar surface area (TPSA) is 26.0 Å². The molecule has 1 aromatic rings. The minimum atomic E-state index is -1.36. The summed E-state index contributed by atoms with van der Waals surface area (Å²) >= 11 is 4.81. The van der Waals surface area contributed by atoms with E-state index < -0.39 is 11.1 Å². The van der Waals surface area contributed by atoms with E-state index in [2.05, 4.69) is 0 Å². The van der Waals surface area contributed by atoms with Crippen molar-refractivity contribution >= 4 is 23.1 Å². The van der Waals surface area contributed by atoms with E-state index >= 15 is 0 Å². The van der Waals surface area contributed by atoms with E-state index in [1.165, 1.54) is 18.2 Å². The molecule has 12 heavy (non-hydrogen) atoms. The van der Waals surface area contributed by atoms with Crippen LogP contribution in [0.15, 0.2) is 29.6 Å². The van der Waals surface area contributed by atoms with Crippen molar-refractivity contribution in [3.05, 3.63) is 35.1 Å². The molecule has 0 heterocycles. The standard InChI is InChI=1S/C8H6ClF2N/c9-8(11)7(10)5-2-1-3-6(12)4-5/h1-4H,12H2. The number of hydrogen-bond acceptors (Lipinski definition) is 1. The Kier molecular flexibility index (Phi) is 2.65. The third kappa shape index (κ3) is 1.95. The zero-order valence-electron chi connectivity index (χ0n) is 6.02. The molecule has 1 aromatic carbocycles. The highest BCUT2D eigenvalue weighted by Crippen LogP contribution is 2.24. The van der Waals surface area contributed by atoms with E-state index in [0.29, 0.717) is 5.69 Å². The van der Waals surface area contributed by atoms with E-state index in [1.54, 1.807) is 6.07 Å². The lowest BCUT2D eigenvalue weighted by Gasteiger charge is -1.97. The average Bonchev–Trinajstić information content (AvgIpc) is 2.03. The lowest BCUT2D eigenvalue weighted by molar-refractivity contribution is 0.651. The second-order valence-electron chi connectivity index (χ2n) is 2.20. The van der Waals surface area contributed by atoms with Crippen LogP contribution in [0, 0.1) is 0 Å². The fourth-order valence-electron chi connectivity index (χ4n) is 0.784. The van der Waals surface area contributed by atoms with E-state index in [9.17, 15) is 8.78 Å². The normalized spacial score (nSPS) is 12.6. The summed E-state index contributed by atoms with van der Waals surface area (Å²) < 4.78 is 24.9. The van der Waals surface area contributed by atoms with Crippen LogP contribution in [0.3, 0.4) is 0 Å². The number of nitrogens with two attached hydrogens (primary N) is 1. The van der Waals surface area contributed by atoms with Gasteiger partial charge in [0.15, 0.2) is 5.83 Å². The van der Waals surface area contributed by atoms with E-state index in [4.69, 9.17) is 17.3 Å². The monoisotopic (exact) mass is 189 g/mol. The molecule has 0 amide bonds. The van der Waals surface area contributed by atoms with Crippen LogP contribution in [0.5, 0.6) is 0 Å². The summed E-state index contributed by atoms with van der Waals surface area (Å²) in [5.41, 5.74) is 5.75. The fraction of sp³-hybridized carbons (Fsp3) is 0. The van der Waals surface area contributed by atoms with Crippen molar-refractivity contribution in [2.75, 3.05) is 5.73 Å². The molecule has 0 spiro atoms. The van der Waals surface area contributed by atoms with Crippen LogP contribution in [-0.2, 0) is 0 Å². The minimum Gasteiger partial charge on any atom is -0.399 e. The molecule has 0 aliphatic rings. The summed E-state index contributed by atoms with van der Waals surface area (Å²) in [6.07, 6.45) is 0. The Hall–Kier alpha value is -1.09. The zero-order chi connectivity index (χ0) is 9.14. The second-order valence-corrected chi connectivity index (χ2v) is 2.53. The molecule has 1 nitrogen and oxygen atoms in total. The van der Waals surface area contributed by atoms with E-state index in [0.717, 1.165) is 0 Å². The van der Waals surface area contributed by atoms with Crippen molar-refractivity contribution in [3.8, 4) is 0 Å². The van der Waals surface area contributed by atoms with E-state index in [1.807, 2.05) is 0 Å². The van der Waals surface area contributed by atoms with Crippen LogP contribution < -0.4 is 5.73 Å². The van der Waals surface area contributed by atoms with Gasteiger partial charge in [-0.25, -0.2) is 4.39 Å². The Morgan fingerprint density at radius 3 is 2.50 bits per heavy atom. The van der Waals surface area contributed by atoms with Gasteiger partial charge in [-0.15, -0.1) is 0 Å². The summed E-state index contributed by atoms with van der Waals surface area (Å²) in [5.74, 6) is -1.09. The van der Waals surface area contributed by atoms with Crippen molar-refractivity contribution in [2.45, 2.75) is 0 Å². The van der Waals surface area contributed by atoms with E-state index in [-0.39, 0.29) is 5.56 Å². The van der Waals surface area contributed by atoms with Crippen LogP contribution >= 0.6 is 11.6 Å². The first-order valence-electron chi connectivity index (χ1n) is 3.18. The summed E-state index contributed by atoms with van der Waals surface area (Å²) in [4.78, 5) is 0. The molecule has 0 atom stereocenters. The van der Waals surface area contributed by atoms with Gasteiger partial charge >= 0.3 is 0 Å². The molecule has 1 rings (SSSR count). The Morgan fingerprint density at radius 1 is 1.33 bits per heavy atom. The van der Waals surface area contributed by atoms with Gasteiger partial charge in [-0.3, -0.25) is 0 Å². The Bertz CT molecular complexity index is 319. The van der Waals surface area contributed by atoms with Crippen LogP contribution in [0.25, 0.3) is 5.83 Å². The molecule has 0 fully saturated rings. The van der Waals surface area contributed by atoms with Crippen molar-refractivity contribution in [3.63, 3.8) is 0 Å². The smallest absolute Gasteiger partial charge is 0.225 e. The quantitative estimate of drug-likeness (QED) is 0.675. The van der Waals surface area contributed by atoms with Gasteiger partial charge in [0.2, 0.25) is 5.29 Å². The molecule has 0 unspecified atom stereocenters. The van der Waals surface area contributed by atoms with Crippen LogP contribution in [0.1, 0.15) is 5.56 Å². The third-order valence-electron chi connectivity index (χ3n) is 1.31. The number of rotatable bonds is 1. The summed E-state index contributed by atoms with van der Waals surface area (Å²) in [6, 6.07) is 5.78. The highest BCUT2D eigenvalue weighted by molar-refractivity contribution is 6.30. The van der Waals surface area contributed by atoms with Crippen LogP contribution in [0.2, 0.25) is 0 Å². The lowest BCUT2D eigenvalue weighted by atomic mass is 10.2. The second kappa shape index (κ2) is 3.54. The fourth-order valence-corrected chi connectivity index (χ4v) is 0.893. The number of hydrogen-bond donors (Lipinski definition) is 1. The maximum absolute atomic E-state index is 12.8. The van der Waals surface area contributed by atoms with Gasteiger partial charge in [0.25, 0.3) is 0 Å². The first-order valence-corrected chi connectivity index (χ1v) is 3.55. The summed E-state index contributed by atoms with van der Waals surface area (Å²) in [7, 11) is 0. The van der Waals surface area contributed by atoms with Gasteiger partial charge in [-0.1, -0.05) is 12.1 Å². The SMILES string of the molecule is Nc1cccc(C(F)=C(F)Cl)c1. The summed E-state index contributed by atoms with van der Waals surface area (Å²) in [5, 5.41) is -1.36. The number of nitrogen functional groups attached to an aromatic ring is 1. The maximum Gasteiger partial charge on any atom is 0.225 e. The molecule has 0 bridgehead atoms. The first-order chi connectivity index (χ1) is 5.61. The highest BCUT2D eigenvalue weighted by Gasteiger charge is 2.05. The third-order valence-corrected chi connectivity index (χ3v) is 1.47.